The zero-order chi connectivity index (χ0) is 21.9. The summed E-state index contributed by atoms with van der Waals surface area (Å²) in [4.78, 5) is 38.1. The fourth-order valence-corrected chi connectivity index (χ4v) is 5.15. The fourth-order valence-electron chi connectivity index (χ4n) is 4.61. The lowest BCUT2D eigenvalue weighted by molar-refractivity contribution is -0.146. The summed E-state index contributed by atoms with van der Waals surface area (Å²) in [6, 6.07) is 4.48. The van der Waals surface area contributed by atoms with Crippen molar-refractivity contribution in [2.75, 3.05) is 26.7 Å². The van der Waals surface area contributed by atoms with E-state index < -0.39 is 12.0 Å². The van der Waals surface area contributed by atoms with Gasteiger partial charge in [-0.1, -0.05) is 23.2 Å². The van der Waals surface area contributed by atoms with Crippen LogP contribution in [0.2, 0.25) is 10.0 Å². The Hall–Kier alpha value is -1.63. The normalized spacial score (nSPS) is 18.9. The maximum absolute atomic E-state index is 12.8. The highest BCUT2D eigenvalue weighted by atomic mass is 35.5. The SMILES string of the molecule is COC(=O)C[C@H](NC(=O)C1CC2(C1)CN(CCCC(C)=O)C2)c1cc(Cl)cc(Cl)c1. The highest BCUT2D eigenvalue weighted by Crippen LogP contribution is 2.52. The Morgan fingerprint density at radius 1 is 1.20 bits per heavy atom. The number of carbonyl (C=O) groups excluding carboxylic acids is 3. The van der Waals surface area contributed by atoms with Gasteiger partial charge in [0, 0.05) is 35.5 Å². The van der Waals surface area contributed by atoms with Gasteiger partial charge in [-0.25, -0.2) is 0 Å². The molecule has 30 heavy (non-hydrogen) atoms. The smallest absolute Gasteiger partial charge is 0.307 e. The number of ketones is 1. The molecular formula is C22H28Cl2N2O4. The van der Waals surface area contributed by atoms with Gasteiger partial charge in [-0.2, -0.15) is 0 Å². The van der Waals surface area contributed by atoms with Crippen molar-refractivity contribution in [3.63, 3.8) is 0 Å². The zero-order valence-electron chi connectivity index (χ0n) is 17.4. The molecular weight excluding hydrogens is 427 g/mol. The Balaban J connectivity index is 1.52. The molecule has 1 N–H and O–H groups in total. The maximum Gasteiger partial charge on any atom is 0.307 e. The molecule has 2 fully saturated rings. The molecule has 1 aliphatic carbocycles. The van der Waals surface area contributed by atoms with E-state index in [1.807, 2.05) is 0 Å². The quantitative estimate of drug-likeness (QED) is 0.574. The molecule has 1 atom stereocenters. The summed E-state index contributed by atoms with van der Waals surface area (Å²) in [7, 11) is 1.32. The Morgan fingerprint density at radius 3 is 2.40 bits per heavy atom. The first-order chi connectivity index (χ1) is 14.2. The number of amides is 1. The molecule has 8 heteroatoms. The Morgan fingerprint density at radius 2 is 1.83 bits per heavy atom. The molecule has 1 spiro atoms. The second-order valence-electron chi connectivity index (χ2n) is 8.67. The van der Waals surface area contributed by atoms with Crippen LogP contribution in [0.3, 0.4) is 0 Å². The largest absolute Gasteiger partial charge is 0.469 e. The number of esters is 1. The van der Waals surface area contributed by atoms with E-state index in [4.69, 9.17) is 27.9 Å². The molecule has 6 nitrogen and oxygen atoms in total. The second-order valence-corrected chi connectivity index (χ2v) is 9.54. The highest BCUT2D eigenvalue weighted by molar-refractivity contribution is 6.34. The summed E-state index contributed by atoms with van der Waals surface area (Å²) in [6.45, 7) is 4.54. The third-order valence-electron chi connectivity index (χ3n) is 6.05. The number of rotatable bonds is 9. The number of halogens is 2. The van der Waals surface area contributed by atoms with Gasteiger partial charge in [0.2, 0.25) is 5.91 Å². The molecule has 3 rings (SSSR count). The van der Waals surface area contributed by atoms with E-state index in [0.717, 1.165) is 38.9 Å². The minimum atomic E-state index is -0.540. The lowest BCUT2D eigenvalue weighted by Gasteiger charge is -2.59. The van der Waals surface area contributed by atoms with Crippen LogP contribution in [-0.4, -0.2) is 49.3 Å². The predicted molar refractivity (Wildman–Crippen MR) is 115 cm³/mol. The molecule has 2 aliphatic rings. The number of ether oxygens (including phenoxy) is 1. The number of likely N-dealkylation sites (tertiary alicyclic amines) is 1. The average molecular weight is 455 g/mol. The van der Waals surface area contributed by atoms with E-state index in [1.54, 1.807) is 25.1 Å². The summed E-state index contributed by atoms with van der Waals surface area (Å²) < 4.78 is 4.78. The van der Waals surface area contributed by atoms with Gasteiger partial charge in [-0.15, -0.1) is 0 Å². The number of hydrogen-bond donors (Lipinski definition) is 1. The van der Waals surface area contributed by atoms with Crippen LogP contribution in [-0.2, 0) is 19.1 Å². The minimum Gasteiger partial charge on any atom is -0.469 e. The summed E-state index contributed by atoms with van der Waals surface area (Å²) in [5, 5.41) is 3.89. The van der Waals surface area contributed by atoms with Crippen LogP contribution in [0.1, 0.15) is 50.6 Å². The molecule has 1 heterocycles. The molecule has 1 saturated carbocycles. The third-order valence-corrected chi connectivity index (χ3v) is 6.49. The predicted octanol–water partition coefficient (Wildman–Crippen LogP) is 3.80. The van der Waals surface area contributed by atoms with Gasteiger partial charge in [0.05, 0.1) is 19.6 Å². The van der Waals surface area contributed by atoms with E-state index in [9.17, 15) is 14.4 Å². The van der Waals surface area contributed by atoms with Crippen LogP contribution < -0.4 is 5.32 Å². The first-order valence-electron chi connectivity index (χ1n) is 10.2. The van der Waals surface area contributed by atoms with Crippen LogP contribution in [0.5, 0.6) is 0 Å². The van der Waals surface area contributed by atoms with Crippen molar-refractivity contribution >= 4 is 40.9 Å². The van der Waals surface area contributed by atoms with E-state index in [0.29, 0.717) is 22.0 Å². The third kappa shape index (κ3) is 5.74. The van der Waals surface area contributed by atoms with Crippen molar-refractivity contribution in [2.45, 2.75) is 45.1 Å². The van der Waals surface area contributed by atoms with Crippen LogP contribution in [0, 0.1) is 11.3 Å². The molecule has 0 bridgehead atoms. The molecule has 1 aromatic rings. The number of carbonyl (C=O) groups is 3. The van der Waals surface area contributed by atoms with Crippen LogP contribution in [0.15, 0.2) is 18.2 Å². The summed E-state index contributed by atoms with van der Waals surface area (Å²) in [5.41, 5.74) is 0.913. The monoisotopic (exact) mass is 454 g/mol. The molecule has 1 amide bonds. The second kappa shape index (κ2) is 9.67. The Kier molecular flexibility index (Phi) is 7.43. The number of nitrogens with zero attached hydrogens (tertiary/aromatic N) is 1. The van der Waals surface area contributed by atoms with Gasteiger partial charge in [0.1, 0.15) is 5.78 Å². The van der Waals surface area contributed by atoms with Crippen LogP contribution in [0.25, 0.3) is 0 Å². The lowest BCUT2D eigenvalue weighted by atomic mass is 9.57. The van der Waals surface area contributed by atoms with E-state index in [-0.39, 0.29) is 29.4 Å². The van der Waals surface area contributed by atoms with Crippen molar-refractivity contribution in [1.82, 2.24) is 10.2 Å². The molecule has 0 radical (unpaired) electrons. The number of benzene rings is 1. The molecule has 0 aromatic heterocycles. The highest BCUT2D eigenvalue weighted by Gasteiger charge is 2.54. The van der Waals surface area contributed by atoms with E-state index >= 15 is 0 Å². The fraction of sp³-hybridized carbons (Fsp3) is 0.591. The molecule has 1 saturated heterocycles. The van der Waals surface area contributed by atoms with Gasteiger partial charge < -0.3 is 19.7 Å². The van der Waals surface area contributed by atoms with E-state index in [1.165, 1.54) is 7.11 Å². The summed E-state index contributed by atoms with van der Waals surface area (Å²) >= 11 is 12.2. The number of Topliss-reactive ketones (excluding diaryl/α,β-unsaturated/α-hetero) is 1. The van der Waals surface area contributed by atoms with Crippen LogP contribution in [0.4, 0.5) is 0 Å². The summed E-state index contributed by atoms with van der Waals surface area (Å²) in [5.74, 6) is -0.297. The Bertz CT molecular complexity index is 795. The first kappa shape index (κ1) is 23.0. The zero-order valence-corrected chi connectivity index (χ0v) is 18.9. The molecule has 1 aliphatic heterocycles. The van der Waals surface area contributed by atoms with Crippen LogP contribution >= 0.6 is 23.2 Å². The first-order valence-corrected chi connectivity index (χ1v) is 11.0. The van der Waals surface area contributed by atoms with Crippen molar-refractivity contribution in [3.05, 3.63) is 33.8 Å². The number of nitrogens with one attached hydrogen (secondary N) is 1. The van der Waals surface area contributed by atoms with Gasteiger partial charge in [0.25, 0.3) is 0 Å². The maximum atomic E-state index is 12.8. The lowest BCUT2D eigenvalue weighted by Crippen LogP contribution is -2.64. The van der Waals surface area contributed by atoms with Crippen molar-refractivity contribution < 1.29 is 19.1 Å². The minimum absolute atomic E-state index is 0.0146. The number of methoxy groups -OCH3 is 1. The molecule has 164 valence electrons. The average Bonchev–Trinajstić information content (AvgIpc) is 2.59. The van der Waals surface area contributed by atoms with Gasteiger partial charge in [0.15, 0.2) is 0 Å². The standard InChI is InChI=1S/C22H28Cl2N2O4/c1-14(27)4-3-5-26-12-22(13-26)10-16(11-22)21(29)25-19(9-20(28)30-2)15-6-17(23)8-18(24)7-15/h6-8,16,19H,3-5,9-13H2,1-2H3,(H,25,29)/t19-/m0/s1. The topological polar surface area (TPSA) is 75.7 Å². The number of hydrogen-bond acceptors (Lipinski definition) is 5. The van der Waals surface area contributed by atoms with Crippen molar-refractivity contribution in [2.24, 2.45) is 11.3 Å². The summed E-state index contributed by atoms with van der Waals surface area (Å²) in [6.07, 6.45) is 3.24. The van der Waals surface area contributed by atoms with Gasteiger partial charge >= 0.3 is 5.97 Å². The van der Waals surface area contributed by atoms with Gasteiger partial charge in [-0.3, -0.25) is 9.59 Å². The van der Waals surface area contributed by atoms with Crippen molar-refractivity contribution in [1.29, 1.82) is 0 Å². The molecule has 1 aromatic carbocycles. The van der Waals surface area contributed by atoms with Gasteiger partial charge in [-0.05, 0) is 61.9 Å². The van der Waals surface area contributed by atoms with Crippen molar-refractivity contribution in [3.8, 4) is 0 Å². The Labute approximate surface area is 187 Å². The molecule has 0 unspecified atom stereocenters. The van der Waals surface area contributed by atoms with E-state index in [2.05, 4.69) is 10.2 Å².